The van der Waals surface area contributed by atoms with Crippen LogP contribution in [-0.2, 0) is 4.79 Å². The molecule has 0 bridgehead atoms. The summed E-state index contributed by atoms with van der Waals surface area (Å²) in [6.07, 6.45) is 5.91. The number of benzene rings is 1. The minimum atomic E-state index is -0.220. The average Bonchev–Trinajstić information content (AvgIpc) is 3.02. The molecule has 5 nitrogen and oxygen atoms in total. The van der Waals surface area contributed by atoms with Gasteiger partial charge in [-0.2, -0.15) is 0 Å². The van der Waals surface area contributed by atoms with Crippen LogP contribution >= 0.6 is 11.3 Å². The highest BCUT2D eigenvalue weighted by Crippen LogP contribution is 2.23. The molecule has 0 saturated carbocycles. The van der Waals surface area contributed by atoms with E-state index in [0.29, 0.717) is 10.9 Å². The van der Waals surface area contributed by atoms with E-state index in [1.165, 1.54) is 11.3 Å². The molecule has 0 spiro atoms. The largest absolute Gasteiger partial charge is 0.484 e. The predicted octanol–water partition coefficient (Wildman–Crippen LogP) is 2.97. The van der Waals surface area contributed by atoms with E-state index in [2.05, 4.69) is 21.7 Å². The predicted molar refractivity (Wildman–Crippen MR) is 92.5 cm³/mol. The Kier molecular flexibility index (Phi) is 4.73. The summed E-state index contributed by atoms with van der Waals surface area (Å²) in [5, 5.41) is 8.36. The van der Waals surface area contributed by atoms with Gasteiger partial charge in [-0.05, 0) is 36.9 Å². The van der Waals surface area contributed by atoms with Crippen LogP contribution in [0.1, 0.15) is 11.3 Å². The smallest absolute Gasteiger partial charge is 0.264 e. The molecule has 1 aromatic carbocycles. The number of allylic oxidation sites excluding steroid dienone is 2. The first-order valence-electron chi connectivity index (χ1n) is 7.26. The zero-order valence-corrected chi connectivity index (χ0v) is 13.5. The topological polar surface area (TPSA) is 63.2 Å². The van der Waals surface area contributed by atoms with Crippen LogP contribution in [-0.4, -0.2) is 24.0 Å². The highest BCUT2D eigenvalue weighted by molar-refractivity contribution is 7.14. The number of hydrogen-bond acceptors (Lipinski definition) is 5. The van der Waals surface area contributed by atoms with E-state index in [1.54, 1.807) is 0 Å². The number of nitrogens with zero attached hydrogens (tertiary/aromatic N) is 1. The molecule has 0 fully saturated rings. The number of thiazole rings is 1. The number of aryl methyl sites for hydroxylation is 1. The van der Waals surface area contributed by atoms with Gasteiger partial charge in [-0.3, -0.25) is 10.1 Å². The summed E-state index contributed by atoms with van der Waals surface area (Å²) in [6.45, 7) is 2.73. The summed E-state index contributed by atoms with van der Waals surface area (Å²) < 4.78 is 5.48. The molecule has 0 radical (unpaired) electrons. The number of carbonyl (C=O) groups is 1. The van der Waals surface area contributed by atoms with Gasteiger partial charge in [0.25, 0.3) is 5.91 Å². The summed E-state index contributed by atoms with van der Waals surface area (Å²) in [6, 6.07) is 7.60. The zero-order chi connectivity index (χ0) is 16.1. The average molecular weight is 327 g/mol. The van der Waals surface area contributed by atoms with Gasteiger partial charge >= 0.3 is 0 Å². The van der Waals surface area contributed by atoms with Gasteiger partial charge in [0, 0.05) is 17.5 Å². The second-order valence-corrected chi connectivity index (χ2v) is 5.95. The van der Waals surface area contributed by atoms with Crippen molar-refractivity contribution in [2.45, 2.75) is 6.92 Å². The van der Waals surface area contributed by atoms with Crippen LogP contribution in [0.3, 0.4) is 0 Å². The number of carbonyl (C=O) groups excluding carboxylic acids is 1. The summed E-state index contributed by atoms with van der Waals surface area (Å²) >= 11 is 1.40. The second kappa shape index (κ2) is 7.11. The number of hydrogen-bond donors (Lipinski definition) is 2. The van der Waals surface area contributed by atoms with Crippen molar-refractivity contribution in [1.29, 1.82) is 0 Å². The molecule has 6 heteroatoms. The maximum atomic E-state index is 11.9. The van der Waals surface area contributed by atoms with Gasteiger partial charge in [-0.25, -0.2) is 4.98 Å². The number of aromatic nitrogens is 1. The number of dihydropyridines is 1. The lowest BCUT2D eigenvalue weighted by molar-refractivity contribution is -0.118. The standard InChI is InChI=1S/C17H17N3O2S/c1-12-3-2-4-14(9-12)22-10-16(21)20-17-19-15(11-23-17)13-5-7-18-8-6-13/h2-7,9,11,18H,8,10H2,1H3,(H,19,20,21). The summed E-state index contributed by atoms with van der Waals surface area (Å²) in [5.74, 6) is 0.465. The number of rotatable bonds is 5. The van der Waals surface area contributed by atoms with Crippen molar-refractivity contribution in [3.8, 4) is 5.75 Å². The highest BCUT2D eigenvalue weighted by Gasteiger charge is 2.10. The Hall–Kier alpha value is -2.60. The lowest BCUT2D eigenvalue weighted by Gasteiger charge is -2.06. The molecule has 1 aliphatic heterocycles. The highest BCUT2D eigenvalue weighted by atomic mass is 32.1. The van der Waals surface area contributed by atoms with Gasteiger partial charge in [0.1, 0.15) is 5.75 Å². The Morgan fingerprint density at radius 2 is 2.39 bits per heavy atom. The summed E-state index contributed by atoms with van der Waals surface area (Å²) in [7, 11) is 0. The van der Waals surface area contributed by atoms with Gasteiger partial charge in [0.05, 0.1) is 5.69 Å². The van der Waals surface area contributed by atoms with Gasteiger partial charge in [-0.15, -0.1) is 11.3 Å². The lowest BCUT2D eigenvalue weighted by Crippen LogP contribution is -2.20. The zero-order valence-electron chi connectivity index (χ0n) is 12.7. The van der Waals surface area contributed by atoms with Crippen LogP contribution in [0.15, 0.2) is 48.0 Å². The van der Waals surface area contributed by atoms with Crippen molar-refractivity contribution in [3.63, 3.8) is 0 Å². The first-order valence-corrected chi connectivity index (χ1v) is 8.14. The fourth-order valence-electron chi connectivity index (χ4n) is 2.12. The first-order chi connectivity index (χ1) is 11.2. The minimum Gasteiger partial charge on any atom is -0.484 e. The van der Waals surface area contributed by atoms with E-state index in [9.17, 15) is 4.79 Å². The Morgan fingerprint density at radius 3 is 3.17 bits per heavy atom. The van der Waals surface area contributed by atoms with Crippen LogP contribution in [0.5, 0.6) is 5.75 Å². The Bertz CT molecular complexity index is 765. The number of amides is 1. The monoisotopic (exact) mass is 327 g/mol. The van der Waals surface area contributed by atoms with Crippen molar-refractivity contribution in [2.75, 3.05) is 18.5 Å². The van der Waals surface area contributed by atoms with Crippen LogP contribution in [0.25, 0.3) is 5.57 Å². The quantitative estimate of drug-likeness (QED) is 0.886. The molecule has 0 aliphatic carbocycles. The summed E-state index contributed by atoms with van der Waals surface area (Å²) in [4.78, 5) is 16.4. The fraction of sp³-hybridized carbons (Fsp3) is 0.176. The normalized spacial score (nSPS) is 13.2. The molecule has 0 atom stereocenters. The molecule has 1 aliphatic rings. The molecular weight excluding hydrogens is 310 g/mol. The maximum Gasteiger partial charge on any atom is 0.264 e. The number of ether oxygens (including phenoxy) is 1. The Morgan fingerprint density at radius 1 is 1.48 bits per heavy atom. The van der Waals surface area contributed by atoms with Gasteiger partial charge < -0.3 is 10.1 Å². The molecule has 2 heterocycles. The lowest BCUT2D eigenvalue weighted by atomic mass is 10.1. The third-order valence-electron chi connectivity index (χ3n) is 3.23. The van der Waals surface area contributed by atoms with Crippen LogP contribution in [0, 0.1) is 6.92 Å². The fourth-order valence-corrected chi connectivity index (χ4v) is 2.85. The summed E-state index contributed by atoms with van der Waals surface area (Å²) in [5.41, 5.74) is 3.01. The SMILES string of the molecule is Cc1cccc(OCC(=O)Nc2nc(C3=CCNC=C3)cs2)c1. The molecule has 3 rings (SSSR count). The van der Waals surface area contributed by atoms with Crippen LogP contribution in [0.2, 0.25) is 0 Å². The third-order valence-corrected chi connectivity index (χ3v) is 3.98. The van der Waals surface area contributed by atoms with Crippen molar-refractivity contribution in [1.82, 2.24) is 10.3 Å². The van der Waals surface area contributed by atoms with Gasteiger partial charge in [0.15, 0.2) is 11.7 Å². The first kappa shape index (κ1) is 15.3. The Balaban J connectivity index is 1.55. The molecule has 0 unspecified atom stereocenters. The van der Waals surface area contributed by atoms with Crippen molar-refractivity contribution >= 4 is 27.9 Å². The molecule has 2 N–H and O–H groups in total. The maximum absolute atomic E-state index is 11.9. The van der Waals surface area contributed by atoms with Crippen molar-refractivity contribution in [3.05, 3.63) is 59.3 Å². The van der Waals surface area contributed by atoms with Gasteiger partial charge in [0.2, 0.25) is 0 Å². The van der Waals surface area contributed by atoms with E-state index in [1.807, 2.05) is 48.8 Å². The molecule has 2 aromatic rings. The molecule has 1 amide bonds. The molecule has 0 saturated heterocycles. The van der Waals surface area contributed by atoms with E-state index < -0.39 is 0 Å². The number of nitrogens with one attached hydrogen (secondary N) is 2. The third kappa shape index (κ3) is 4.20. The van der Waals surface area contributed by atoms with Crippen LogP contribution in [0.4, 0.5) is 5.13 Å². The van der Waals surface area contributed by atoms with E-state index in [4.69, 9.17) is 4.74 Å². The number of anilines is 1. The van der Waals surface area contributed by atoms with E-state index in [0.717, 1.165) is 23.4 Å². The molecule has 23 heavy (non-hydrogen) atoms. The van der Waals surface area contributed by atoms with E-state index >= 15 is 0 Å². The molecule has 1 aromatic heterocycles. The van der Waals surface area contributed by atoms with Crippen molar-refractivity contribution in [2.24, 2.45) is 0 Å². The molecular formula is C17H17N3O2S. The van der Waals surface area contributed by atoms with Crippen molar-refractivity contribution < 1.29 is 9.53 Å². The van der Waals surface area contributed by atoms with Gasteiger partial charge in [-0.1, -0.05) is 18.2 Å². The second-order valence-electron chi connectivity index (χ2n) is 5.09. The van der Waals surface area contributed by atoms with Crippen LogP contribution < -0.4 is 15.4 Å². The minimum absolute atomic E-state index is 0.0368. The Labute approximate surface area is 138 Å². The molecule has 118 valence electrons. The van der Waals surface area contributed by atoms with E-state index in [-0.39, 0.29) is 12.5 Å².